The lowest BCUT2D eigenvalue weighted by Gasteiger charge is -2.31. The van der Waals surface area contributed by atoms with Gasteiger partial charge in [0.1, 0.15) is 0 Å². The maximum Gasteiger partial charge on any atom is 0.0583 e. The molecule has 1 aliphatic carbocycles. The van der Waals surface area contributed by atoms with Crippen LogP contribution in [0.15, 0.2) is 23.8 Å². The summed E-state index contributed by atoms with van der Waals surface area (Å²) in [5.41, 5.74) is 1.96. The Kier molecular flexibility index (Phi) is 8.41. The first-order valence-corrected chi connectivity index (χ1v) is 9.38. The van der Waals surface area contributed by atoms with Crippen LogP contribution in [-0.4, -0.2) is 24.2 Å². The lowest BCUT2D eigenvalue weighted by molar-refractivity contribution is 0.341. The highest BCUT2D eigenvalue weighted by atomic mass is 15.0. The number of rotatable bonds is 12. The van der Waals surface area contributed by atoms with E-state index in [-0.39, 0.29) is 11.1 Å². The minimum absolute atomic E-state index is 0.143. The fraction of sp³-hybridized carbons (Fsp3) is 0.800. The van der Waals surface area contributed by atoms with Crippen molar-refractivity contribution < 1.29 is 0 Å². The zero-order valence-corrected chi connectivity index (χ0v) is 15.6. The Morgan fingerprint density at radius 3 is 2.45 bits per heavy atom. The number of hydrogen-bond acceptors (Lipinski definition) is 2. The van der Waals surface area contributed by atoms with Gasteiger partial charge in [0.25, 0.3) is 0 Å². The summed E-state index contributed by atoms with van der Waals surface area (Å²) in [5.74, 6) is 0. The van der Waals surface area contributed by atoms with Gasteiger partial charge in [-0.2, -0.15) is 0 Å². The summed E-state index contributed by atoms with van der Waals surface area (Å²) in [6, 6.07) is 0. The molecule has 1 atom stereocenters. The van der Waals surface area contributed by atoms with Crippen LogP contribution in [0.4, 0.5) is 0 Å². The van der Waals surface area contributed by atoms with Crippen LogP contribution >= 0.6 is 0 Å². The van der Waals surface area contributed by atoms with Gasteiger partial charge < -0.3 is 10.6 Å². The first kappa shape index (κ1) is 19.4. The van der Waals surface area contributed by atoms with Crippen molar-refractivity contribution in [2.24, 2.45) is 0 Å². The lowest BCUT2D eigenvalue weighted by Crippen LogP contribution is -2.44. The van der Waals surface area contributed by atoms with Crippen molar-refractivity contribution in [2.75, 3.05) is 13.1 Å². The fourth-order valence-electron chi connectivity index (χ4n) is 3.36. The average molecular weight is 307 g/mol. The Hall–Kier alpha value is -0.600. The third-order valence-corrected chi connectivity index (χ3v) is 4.99. The predicted molar refractivity (Wildman–Crippen MR) is 99.4 cm³/mol. The Labute approximate surface area is 138 Å². The molecule has 1 rings (SSSR count). The summed E-state index contributed by atoms with van der Waals surface area (Å²) in [6.07, 6.45) is 15.5. The highest BCUT2D eigenvalue weighted by molar-refractivity contribution is 5.38. The van der Waals surface area contributed by atoms with Crippen LogP contribution in [0.2, 0.25) is 0 Å². The van der Waals surface area contributed by atoms with Crippen molar-refractivity contribution in [3.8, 4) is 0 Å². The maximum absolute atomic E-state index is 3.81. The number of allylic oxidation sites excluding steroid dienone is 2. The second-order valence-corrected chi connectivity index (χ2v) is 7.28. The maximum atomic E-state index is 3.81. The van der Waals surface area contributed by atoms with Crippen LogP contribution in [0.5, 0.6) is 0 Å². The molecule has 2 nitrogen and oxygen atoms in total. The monoisotopic (exact) mass is 306 g/mol. The van der Waals surface area contributed by atoms with E-state index in [0.29, 0.717) is 0 Å². The molecule has 2 heteroatoms. The molecule has 0 radical (unpaired) electrons. The van der Waals surface area contributed by atoms with Gasteiger partial charge >= 0.3 is 0 Å². The van der Waals surface area contributed by atoms with Gasteiger partial charge in [-0.3, -0.25) is 0 Å². The third-order valence-electron chi connectivity index (χ3n) is 4.99. The smallest absolute Gasteiger partial charge is 0.0583 e. The van der Waals surface area contributed by atoms with Crippen molar-refractivity contribution >= 4 is 0 Å². The van der Waals surface area contributed by atoms with E-state index in [0.717, 1.165) is 25.9 Å². The Morgan fingerprint density at radius 2 is 1.82 bits per heavy atom. The molecule has 1 unspecified atom stereocenters. The number of nitrogens with one attached hydrogen (secondary N) is 2. The highest BCUT2D eigenvalue weighted by Crippen LogP contribution is 2.30. The van der Waals surface area contributed by atoms with Gasteiger partial charge in [-0.25, -0.2) is 0 Å². The molecule has 0 aromatic carbocycles. The fourth-order valence-corrected chi connectivity index (χ4v) is 3.36. The molecule has 128 valence electrons. The van der Waals surface area contributed by atoms with E-state index in [2.05, 4.69) is 63.5 Å². The predicted octanol–water partition coefficient (Wildman–Crippen LogP) is 4.97. The zero-order chi connectivity index (χ0) is 16.5. The molecule has 0 aromatic rings. The molecular formula is C20H38N2. The summed E-state index contributed by atoms with van der Waals surface area (Å²) >= 11 is 0. The van der Waals surface area contributed by atoms with Crippen molar-refractivity contribution in [1.29, 1.82) is 0 Å². The quantitative estimate of drug-likeness (QED) is 0.497. The van der Waals surface area contributed by atoms with Crippen LogP contribution in [0, 0.1) is 0 Å². The molecule has 0 bridgehead atoms. The SMILES string of the molecule is CCCCNC(C)(C)CCCCNC1(CC)C=CC=C1CC. The Morgan fingerprint density at radius 1 is 1.05 bits per heavy atom. The summed E-state index contributed by atoms with van der Waals surface area (Å²) in [4.78, 5) is 0. The minimum Gasteiger partial charge on any atom is -0.312 e. The van der Waals surface area contributed by atoms with Gasteiger partial charge in [0.05, 0.1) is 5.54 Å². The molecule has 0 saturated heterocycles. The van der Waals surface area contributed by atoms with Gasteiger partial charge in [0.2, 0.25) is 0 Å². The van der Waals surface area contributed by atoms with Crippen LogP contribution < -0.4 is 10.6 Å². The van der Waals surface area contributed by atoms with Gasteiger partial charge in [-0.1, -0.05) is 51.8 Å². The molecule has 0 amide bonds. The summed E-state index contributed by atoms with van der Waals surface area (Å²) < 4.78 is 0. The highest BCUT2D eigenvalue weighted by Gasteiger charge is 2.29. The number of hydrogen-bond donors (Lipinski definition) is 2. The molecule has 0 spiro atoms. The molecule has 0 fully saturated rings. The molecular weight excluding hydrogens is 268 g/mol. The summed E-state index contributed by atoms with van der Waals surface area (Å²) in [5, 5.41) is 7.49. The van der Waals surface area contributed by atoms with Crippen LogP contribution in [0.25, 0.3) is 0 Å². The van der Waals surface area contributed by atoms with Crippen molar-refractivity contribution in [3.05, 3.63) is 23.8 Å². The molecule has 22 heavy (non-hydrogen) atoms. The largest absolute Gasteiger partial charge is 0.312 e. The first-order chi connectivity index (χ1) is 10.5. The van der Waals surface area contributed by atoms with E-state index in [1.54, 1.807) is 0 Å². The molecule has 0 aliphatic heterocycles. The number of unbranched alkanes of at least 4 members (excludes halogenated alkanes) is 2. The molecule has 2 N–H and O–H groups in total. The van der Waals surface area contributed by atoms with Gasteiger partial charge in [0, 0.05) is 5.54 Å². The second kappa shape index (κ2) is 9.52. The minimum atomic E-state index is 0.143. The molecule has 1 aliphatic rings. The van der Waals surface area contributed by atoms with Gasteiger partial charge in [0.15, 0.2) is 0 Å². The lowest BCUT2D eigenvalue weighted by atomic mass is 9.88. The third kappa shape index (κ3) is 5.89. The first-order valence-electron chi connectivity index (χ1n) is 9.38. The van der Waals surface area contributed by atoms with E-state index in [4.69, 9.17) is 0 Å². The Bertz CT molecular complexity index is 368. The van der Waals surface area contributed by atoms with Crippen LogP contribution in [0.1, 0.15) is 79.6 Å². The second-order valence-electron chi connectivity index (χ2n) is 7.28. The molecule has 0 heterocycles. The van der Waals surface area contributed by atoms with Crippen LogP contribution in [-0.2, 0) is 0 Å². The Balaban J connectivity index is 2.25. The standard InChI is InChI=1S/C20H38N2/c1-6-9-16-21-19(4,5)14-10-11-17-22-20(8-3)15-12-13-18(20)7-2/h12-13,15,21-22H,6-11,14,16-17H2,1-5H3. The normalized spacial score (nSPS) is 21.4. The van der Waals surface area contributed by atoms with Gasteiger partial charge in [-0.15, -0.1) is 0 Å². The van der Waals surface area contributed by atoms with Crippen molar-refractivity contribution in [1.82, 2.24) is 10.6 Å². The average Bonchev–Trinajstić information content (AvgIpc) is 2.90. The van der Waals surface area contributed by atoms with E-state index in [1.165, 1.54) is 37.7 Å². The van der Waals surface area contributed by atoms with Crippen LogP contribution in [0.3, 0.4) is 0 Å². The van der Waals surface area contributed by atoms with Crippen molar-refractivity contribution in [3.63, 3.8) is 0 Å². The van der Waals surface area contributed by atoms with E-state index in [1.807, 2.05) is 0 Å². The molecule has 0 aromatic heterocycles. The van der Waals surface area contributed by atoms with Gasteiger partial charge in [-0.05, 0) is 64.6 Å². The van der Waals surface area contributed by atoms with E-state index >= 15 is 0 Å². The van der Waals surface area contributed by atoms with E-state index < -0.39 is 0 Å². The van der Waals surface area contributed by atoms with Crippen molar-refractivity contribution in [2.45, 2.75) is 90.6 Å². The zero-order valence-electron chi connectivity index (χ0n) is 15.6. The molecule has 0 saturated carbocycles. The topological polar surface area (TPSA) is 24.1 Å². The summed E-state index contributed by atoms with van der Waals surface area (Å²) in [6.45, 7) is 13.7. The van der Waals surface area contributed by atoms with E-state index in [9.17, 15) is 0 Å². The summed E-state index contributed by atoms with van der Waals surface area (Å²) in [7, 11) is 0.